The van der Waals surface area contributed by atoms with E-state index in [2.05, 4.69) is 4.99 Å². The van der Waals surface area contributed by atoms with Crippen LogP contribution in [-0.2, 0) is 9.53 Å². The molecule has 0 atom stereocenters. The van der Waals surface area contributed by atoms with Crippen LogP contribution in [0.25, 0.3) is 16.2 Å². The largest absolute Gasteiger partial charge is 0.493 e. The zero-order chi connectivity index (χ0) is 19.0. The Morgan fingerprint density at radius 2 is 1.89 bits per heavy atom. The molecule has 2 aromatic carbocycles. The number of ether oxygens (including phenoxy) is 3. The Kier molecular flexibility index (Phi) is 4.59. The van der Waals surface area contributed by atoms with E-state index in [1.807, 2.05) is 30.3 Å². The molecule has 5 nitrogen and oxygen atoms in total. The second-order valence-electron chi connectivity index (χ2n) is 5.69. The number of carbonyl (C=O) groups is 1. The molecule has 0 bridgehead atoms. The molecule has 0 unspecified atom stereocenters. The number of aliphatic imine (C=N–C) groups is 1. The van der Waals surface area contributed by atoms with Gasteiger partial charge in [-0.3, -0.25) is 0 Å². The number of fused-ring (bicyclic) bond motifs is 1. The highest BCUT2D eigenvalue weighted by atomic mass is 35.5. The highest BCUT2D eigenvalue weighted by Crippen LogP contribution is 2.37. The Morgan fingerprint density at radius 1 is 1.11 bits per heavy atom. The van der Waals surface area contributed by atoms with Gasteiger partial charge >= 0.3 is 5.97 Å². The van der Waals surface area contributed by atoms with Crippen molar-refractivity contribution in [2.24, 2.45) is 4.99 Å². The second kappa shape index (κ2) is 7.06. The lowest BCUT2D eigenvalue weighted by Crippen LogP contribution is -2.04. The first-order valence-electron chi connectivity index (χ1n) is 8.02. The van der Waals surface area contributed by atoms with Crippen LogP contribution < -0.4 is 9.47 Å². The second-order valence-corrected chi connectivity index (χ2v) is 7.12. The number of cyclic esters (lactones) is 1. The molecule has 27 heavy (non-hydrogen) atoms. The van der Waals surface area contributed by atoms with Crippen LogP contribution in [0, 0.1) is 0 Å². The van der Waals surface area contributed by atoms with Crippen LogP contribution in [-0.4, -0.2) is 26.1 Å². The van der Waals surface area contributed by atoms with Crippen molar-refractivity contribution in [3.63, 3.8) is 0 Å². The molecule has 2 heterocycles. The summed E-state index contributed by atoms with van der Waals surface area (Å²) in [6.45, 7) is 0. The Balaban J connectivity index is 1.72. The Morgan fingerprint density at radius 3 is 2.63 bits per heavy atom. The molecule has 4 rings (SSSR count). The van der Waals surface area contributed by atoms with Crippen molar-refractivity contribution in [3.05, 3.63) is 63.6 Å². The van der Waals surface area contributed by atoms with Crippen LogP contribution in [0.5, 0.6) is 11.5 Å². The van der Waals surface area contributed by atoms with E-state index in [1.54, 1.807) is 32.4 Å². The van der Waals surface area contributed by atoms with Gasteiger partial charge in [-0.15, -0.1) is 11.3 Å². The fourth-order valence-corrected chi connectivity index (χ4v) is 4.20. The molecule has 1 aliphatic heterocycles. The van der Waals surface area contributed by atoms with Gasteiger partial charge in [-0.1, -0.05) is 35.9 Å². The maximum absolute atomic E-state index is 12.3. The molecule has 136 valence electrons. The number of rotatable bonds is 4. The molecular weight excluding hydrogens is 386 g/mol. The first kappa shape index (κ1) is 17.6. The summed E-state index contributed by atoms with van der Waals surface area (Å²) in [5.41, 5.74) is 0.942. The molecule has 3 aromatic rings. The van der Waals surface area contributed by atoms with E-state index in [-0.39, 0.29) is 11.6 Å². The SMILES string of the molecule is COc1ccc(C=C2N=C(c3sc4ccccc4c3Cl)OC2=O)cc1OC. The number of thiophene rings is 1. The van der Waals surface area contributed by atoms with Gasteiger partial charge < -0.3 is 14.2 Å². The van der Waals surface area contributed by atoms with E-state index in [0.29, 0.717) is 21.4 Å². The van der Waals surface area contributed by atoms with Gasteiger partial charge in [-0.2, -0.15) is 0 Å². The standard InChI is InChI=1S/C20H14ClNO4S/c1-24-14-8-7-11(10-15(14)25-2)9-13-20(23)26-19(22-13)18-17(21)12-5-3-4-6-16(12)27-18/h3-10H,1-2H3. The van der Waals surface area contributed by atoms with E-state index in [4.69, 9.17) is 25.8 Å². The quantitative estimate of drug-likeness (QED) is 0.461. The average Bonchev–Trinajstić information content (AvgIpc) is 3.22. The number of nitrogens with zero attached hydrogens (tertiary/aromatic N) is 1. The molecule has 1 aliphatic rings. The van der Waals surface area contributed by atoms with Crippen molar-refractivity contribution in [2.45, 2.75) is 0 Å². The zero-order valence-electron chi connectivity index (χ0n) is 14.5. The highest BCUT2D eigenvalue weighted by molar-refractivity contribution is 7.21. The van der Waals surface area contributed by atoms with Gasteiger partial charge in [-0.05, 0) is 29.8 Å². The monoisotopic (exact) mass is 399 g/mol. The van der Waals surface area contributed by atoms with Crippen molar-refractivity contribution in [1.29, 1.82) is 0 Å². The predicted molar refractivity (Wildman–Crippen MR) is 107 cm³/mol. The molecule has 0 aliphatic carbocycles. The number of methoxy groups -OCH3 is 2. The maximum atomic E-state index is 12.3. The first-order valence-corrected chi connectivity index (χ1v) is 9.22. The predicted octanol–water partition coefficient (Wildman–Crippen LogP) is 4.92. The lowest BCUT2D eigenvalue weighted by Gasteiger charge is -2.07. The van der Waals surface area contributed by atoms with E-state index in [9.17, 15) is 4.79 Å². The van der Waals surface area contributed by atoms with Crippen LogP contribution >= 0.6 is 22.9 Å². The summed E-state index contributed by atoms with van der Waals surface area (Å²) in [4.78, 5) is 17.3. The van der Waals surface area contributed by atoms with Gasteiger partial charge in [0.2, 0.25) is 5.90 Å². The summed E-state index contributed by atoms with van der Waals surface area (Å²) >= 11 is 7.89. The van der Waals surface area contributed by atoms with Gasteiger partial charge in [0.05, 0.1) is 19.2 Å². The molecule has 0 N–H and O–H groups in total. The van der Waals surface area contributed by atoms with Gasteiger partial charge in [0.1, 0.15) is 4.88 Å². The minimum Gasteiger partial charge on any atom is -0.493 e. The third kappa shape index (κ3) is 3.18. The summed E-state index contributed by atoms with van der Waals surface area (Å²) in [6, 6.07) is 13.1. The molecule has 0 amide bonds. The number of halogens is 1. The molecule has 0 spiro atoms. The maximum Gasteiger partial charge on any atom is 0.363 e. The van der Waals surface area contributed by atoms with Crippen molar-refractivity contribution >= 4 is 51.0 Å². The van der Waals surface area contributed by atoms with Crippen molar-refractivity contribution in [1.82, 2.24) is 0 Å². The van der Waals surface area contributed by atoms with Gasteiger partial charge in [0, 0.05) is 10.1 Å². The van der Waals surface area contributed by atoms with E-state index >= 15 is 0 Å². The topological polar surface area (TPSA) is 57.1 Å². The first-order chi connectivity index (χ1) is 13.1. The fraction of sp³-hybridized carbons (Fsp3) is 0.100. The van der Waals surface area contributed by atoms with Crippen LogP contribution in [0.4, 0.5) is 0 Å². The molecule has 0 saturated carbocycles. The fourth-order valence-electron chi connectivity index (χ4n) is 2.76. The smallest absolute Gasteiger partial charge is 0.363 e. The van der Waals surface area contributed by atoms with Crippen molar-refractivity contribution in [3.8, 4) is 11.5 Å². The third-order valence-electron chi connectivity index (χ3n) is 4.06. The Bertz CT molecular complexity index is 1120. The summed E-state index contributed by atoms with van der Waals surface area (Å²) in [5, 5.41) is 1.45. The van der Waals surface area contributed by atoms with Crippen molar-refractivity contribution in [2.75, 3.05) is 14.2 Å². The van der Waals surface area contributed by atoms with E-state index in [1.165, 1.54) is 11.3 Å². The average molecular weight is 400 g/mol. The van der Waals surface area contributed by atoms with Gasteiger partial charge in [0.25, 0.3) is 0 Å². The Hall–Kier alpha value is -2.83. The number of hydrogen-bond acceptors (Lipinski definition) is 6. The normalized spacial score (nSPS) is 15.1. The van der Waals surface area contributed by atoms with E-state index in [0.717, 1.165) is 15.6 Å². The minimum atomic E-state index is -0.520. The minimum absolute atomic E-state index is 0.200. The lowest BCUT2D eigenvalue weighted by atomic mass is 10.1. The van der Waals surface area contributed by atoms with E-state index < -0.39 is 5.97 Å². The number of carbonyl (C=O) groups excluding carboxylic acids is 1. The summed E-state index contributed by atoms with van der Waals surface area (Å²) in [6.07, 6.45) is 1.64. The van der Waals surface area contributed by atoms with Gasteiger partial charge in [-0.25, -0.2) is 9.79 Å². The molecule has 0 saturated heterocycles. The van der Waals surface area contributed by atoms with Gasteiger partial charge in [0.15, 0.2) is 17.2 Å². The van der Waals surface area contributed by atoms with Crippen LogP contribution in [0.1, 0.15) is 10.4 Å². The summed E-state index contributed by atoms with van der Waals surface area (Å²) < 4.78 is 16.9. The molecule has 1 aromatic heterocycles. The molecule has 0 fully saturated rings. The third-order valence-corrected chi connectivity index (χ3v) is 5.72. The number of benzene rings is 2. The van der Waals surface area contributed by atoms with Crippen LogP contribution in [0.2, 0.25) is 5.02 Å². The van der Waals surface area contributed by atoms with Crippen LogP contribution in [0.15, 0.2) is 53.2 Å². The highest BCUT2D eigenvalue weighted by Gasteiger charge is 2.28. The number of esters is 1. The zero-order valence-corrected chi connectivity index (χ0v) is 16.1. The lowest BCUT2D eigenvalue weighted by molar-refractivity contribution is -0.129. The van der Waals surface area contributed by atoms with Crippen LogP contribution in [0.3, 0.4) is 0 Å². The summed E-state index contributed by atoms with van der Waals surface area (Å²) in [5.74, 6) is 0.871. The number of hydrogen-bond donors (Lipinski definition) is 0. The summed E-state index contributed by atoms with van der Waals surface area (Å²) in [7, 11) is 3.12. The van der Waals surface area contributed by atoms with Crippen molar-refractivity contribution < 1.29 is 19.0 Å². The molecule has 7 heteroatoms. The molecular formula is C20H14ClNO4S. The Labute approximate surface area is 164 Å². The molecule has 0 radical (unpaired) electrons.